The number of carbonyl (C=O) groups is 2. The lowest BCUT2D eigenvalue weighted by Crippen LogP contribution is -2.54. The maximum atomic E-state index is 12.7. The molecule has 0 atom stereocenters. The number of hydrogen-bond acceptors (Lipinski definition) is 5. The number of allylic oxidation sites excluding steroid dienone is 2. The van der Waals surface area contributed by atoms with Gasteiger partial charge in [-0.15, -0.1) is 0 Å². The second kappa shape index (κ2) is 8.05. The molecule has 1 amide bonds. The van der Waals surface area contributed by atoms with E-state index in [-0.39, 0.29) is 17.0 Å². The number of ether oxygens (including phenoxy) is 1. The van der Waals surface area contributed by atoms with Crippen molar-refractivity contribution in [2.45, 2.75) is 39.3 Å². The summed E-state index contributed by atoms with van der Waals surface area (Å²) in [4.78, 5) is 34.9. The van der Waals surface area contributed by atoms with Crippen LogP contribution in [0.25, 0.3) is 0 Å². The Morgan fingerprint density at radius 1 is 1.27 bits per heavy atom. The topological polar surface area (TPSA) is 98.5 Å². The number of unbranched alkanes of at least 4 members (excludes halogenated alkanes) is 1. The Morgan fingerprint density at radius 3 is 2.50 bits per heavy atom. The van der Waals surface area contributed by atoms with Crippen LogP contribution >= 0.6 is 0 Å². The Hall–Kier alpha value is -2.80. The molecular formula is C19H22N2O5. The van der Waals surface area contributed by atoms with Gasteiger partial charge in [-0.1, -0.05) is 19.4 Å². The first kappa shape index (κ1) is 19.5. The number of nitrogens with zero attached hydrogens (tertiary/aromatic N) is 1. The van der Waals surface area contributed by atoms with E-state index in [2.05, 4.69) is 5.32 Å². The van der Waals surface area contributed by atoms with Crippen molar-refractivity contribution in [1.82, 2.24) is 5.32 Å². The van der Waals surface area contributed by atoms with Gasteiger partial charge in [0.05, 0.1) is 11.5 Å². The van der Waals surface area contributed by atoms with Crippen molar-refractivity contribution in [3.05, 3.63) is 63.2 Å². The summed E-state index contributed by atoms with van der Waals surface area (Å²) in [7, 11) is 0. The quantitative estimate of drug-likeness (QED) is 0.349. The molecule has 1 aromatic carbocycles. The molecule has 138 valence electrons. The highest BCUT2D eigenvalue weighted by molar-refractivity contribution is 6.03. The smallest absolute Gasteiger partial charge is 0.270 e. The van der Waals surface area contributed by atoms with Crippen LogP contribution in [0.2, 0.25) is 0 Å². The maximum absolute atomic E-state index is 12.7. The minimum Gasteiger partial charge on any atom is -0.348 e. The number of benzene rings is 1. The van der Waals surface area contributed by atoms with Crippen LogP contribution in [0.3, 0.4) is 0 Å². The van der Waals surface area contributed by atoms with Crippen LogP contribution in [0.15, 0.2) is 47.6 Å². The van der Waals surface area contributed by atoms with Gasteiger partial charge in [0.15, 0.2) is 11.5 Å². The highest BCUT2D eigenvalue weighted by Crippen LogP contribution is 2.31. The molecule has 1 aliphatic carbocycles. The molecule has 1 N–H and O–H groups in total. The second-order valence-corrected chi connectivity index (χ2v) is 6.20. The van der Waals surface area contributed by atoms with E-state index in [1.54, 1.807) is 13.8 Å². The Morgan fingerprint density at radius 2 is 1.92 bits per heavy atom. The summed E-state index contributed by atoms with van der Waals surface area (Å²) in [5.74, 6) is -0.681. The van der Waals surface area contributed by atoms with Gasteiger partial charge in [-0.25, -0.2) is 0 Å². The van der Waals surface area contributed by atoms with Crippen molar-refractivity contribution in [3.8, 4) is 0 Å². The van der Waals surface area contributed by atoms with Crippen LogP contribution in [-0.2, 0) is 9.53 Å². The molecule has 26 heavy (non-hydrogen) atoms. The maximum Gasteiger partial charge on any atom is 0.270 e. The van der Waals surface area contributed by atoms with Crippen molar-refractivity contribution in [2.75, 3.05) is 6.61 Å². The van der Waals surface area contributed by atoms with Gasteiger partial charge in [-0.3, -0.25) is 19.7 Å². The largest absolute Gasteiger partial charge is 0.348 e. The molecular weight excluding hydrogens is 336 g/mol. The van der Waals surface area contributed by atoms with E-state index < -0.39 is 16.6 Å². The average Bonchev–Trinajstić information content (AvgIpc) is 2.59. The molecule has 0 heterocycles. The molecule has 0 bridgehead atoms. The zero-order valence-corrected chi connectivity index (χ0v) is 15.1. The van der Waals surface area contributed by atoms with Gasteiger partial charge >= 0.3 is 0 Å². The van der Waals surface area contributed by atoms with Crippen molar-refractivity contribution < 1.29 is 19.2 Å². The molecule has 0 aliphatic heterocycles. The van der Waals surface area contributed by atoms with Crippen LogP contribution in [-0.4, -0.2) is 28.9 Å². The fraction of sp³-hybridized carbons (Fsp3) is 0.368. The van der Waals surface area contributed by atoms with E-state index in [0.717, 1.165) is 12.8 Å². The zero-order chi connectivity index (χ0) is 19.3. The molecule has 7 nitrogen and oxygen atoms in total. The lowest BCUT2D eigenvalue weighted by Gasteiger charge is -2.38. The number of non-ortho nitro benzene ring substituents is 1. The second-order valence-electron chi connectivity index (χ2n) is 6.20. The third kappa shape index (κ3) is 4.05. The van der Waals surface area contributed by atoms with Gasteiger partial charge in [0, 0.05) is 17.7 Å². The van der Waals surface area contributed by atoms with Crippen molar-refractivity contribution in [3.63, 3.8) is 0 Å². The van der Waals surface area contributed by atoms with Gasteiger partial charge in [-0.2, -0.15) is 0 Å². The summed E-state index contributed by atoms with van der Waals surface area (Å²) in [6, 6.07) is 5.47. The number of hydrogen-bond donors (Lipinski definition) is 1. The minimum atomic E-state index is -1.23. The molecule has 1 aliphatic rings. The number of amides is 1. The average molecular weight is 358 g/mol. The van der Waals surface area contributed by atoms with E-state index in [4.69, 9.17) is 4.74 Å². The Balaban J connectivity index is 2.35. The van der Waals surface area contributed by atoms with E-state index in [1.165, 1.54) is 36.4 Å². The molecule has 0 saturated carbocycles. The lowest BCUT2D eigenvalue weighted by molar-refractivity contribution is -0.384. The monoisotopic (exact) mass is 358 g/mol. The normalized spacial score (nSPS) is 15.9. The highest BCUT2D eigenvalue weighted by Gasteiger charge is 2.40. The highest BCUT2D eigenvalue weighted by atomic mass is 16.6. The van der Waals surface area contributed by atoms with Gasteiger partial charge in [0.1, 0.15) is 0 Å². The van der Waals surface area contributed by atoms with Crippen molar-refractivity contribution >= 4 is 17.4 Å². The molecule has 0 aromatic heterocycles. The van der Waals surface area contributed by atoms with Gasteiger partial charge in [0.25, 0.3) is 11.6 Å². The molecule has 0 radical (unpaired) electrons. The summed E-state index contributed by atoms with van der Waals surface area (Å²) in [5.41, 5.74) is -0.119. The van der Waals surface area contributed by atoms with Gasteiger partial charge in [-0.05, 0) is 49.6 Å². The SMILES string of the molecule is CCCCOC1(NC(=O)c2cccc([N+](=O)[O-])c2)C(C)=CC(=O)C=C1C. The zero-order valence-electron chi connectivity index (χ0n) is 15.1. The number of nitro groups is 1. The molecule has 0 unspecified atom stereocenters. The van der Waals surface area contributed by atoms with Crippen LogP contribution in [0.5, 0.6) is 0 Å². The molecule has 0 saturated heterocycles. The number of nitro benzene ring substituents is 1. The first-order valence-corrected chi connectivity index (χ1v) is 8.42. The van der Waals surface area contributed by atoms with E-state index in [9.17, 15) is 19.7 Å². The molecule has 2 rings (SSSR count). The number of rotatable bonds is 7. The summed E-state index contributed by atoms with van der Waals surface area (Å²) >= 11 is 0. The number of nitrogens with one attached hydrogen (secondary N) is 1. The van der Waals surface area contributed by atoms with E-state index in [1.807, 2.05) is 6.92 Å². The minimum absolute atomic E-state index is 0.148. The van der Waals surface area contributed by atoms with Gasteiger partial charge < -0.3 is 10.1 Å². The van der Waals surface area contributed by atoms with E-state index in [0.29, 0.717) is 17.8 Å². The molecule has 7 heteroatoms. The fourth-order valence-corrected chi connectivity index (χ4v) is 2.81. The van der Waals surface area contributed by atoms with Crippen LogP contribution < -0.4 is 5.32 Å². The van der Waals surface area contributed by atoms with Crippen molar-refractivity contribution in [1.29, 1.82) is 0 Å². The number of ketones is 1. The van der Waals surface area contributed by atoms with Gasteiger partial charge in [0.2, 0.25) is 0 Å². The molecule has 0 spiro atoms. The molecule has 1 aromatic rings. The summed E-state index contributed by atoms with van der Waals surface area (Å²) in [6.45, 7) is 5.85. The van der Waals surface area contributed by atoms with Crippen LogP contribution in [0.4, 0.5) is 5.69 Å². The fourth-order valence-electron chi connectivity index (χ4n) is 2.81. The third-order valence-corrected chi connectivity index (χ3v) is 4.25. The summed E-state index contributed by atoms with van der Waals surface area (Å²) in [6.07, 6.45) is 4.56. The first-order chi connectivity index (χ1) is 12.3. The standard InChI is InChI=1S/C19H22N2O5/c1-4-5-9-26-19(13(2)10-17(22)11-14(19)3)20-18(23)15-7-6-8-16(12-15)21(24)25/h6-8,10-12H,4-5,9H2,1-3H3,(H,20,23). The van der Waals surface area contributed by atoms with Crippen molar-refractivity contribution in [2.24, 2.45) is 0 Å². The Kier molecular flexibility index (Phi) is 6.05. The summed E-state index contributed by atoms with van der Waals surface area (Å²) in [5, 5.41) is 13.8. The van der Waals surface area contributed by atoms with Crippen LogP contribution in [0.1, 0.15) is 44.0 Å². The van der Waals surface area contributed by atoms with Crippen LogP contribution in [0, 0.1) is 10.1 Å². The third-order valence-electron chi connectivity index (χ3n) is 4.25. The molecule has 0 fully saturated rings. The predicted octanol–water partition coefficient (Wildman–Crippen LogP) is 3.31. The summed E-state index contributed by atoms with van der Waals surface area (Å²) < 4.78 is 6.00. The first-order valence-electron chi connectivity index (χ1n) is 8.42. The predicted molar refractivity (Wildman–Crippen MR) is 96.7 cm³/mol. The van der Waals surface area contributed by atoms with E-state index >= 15 is 0 Å². The lowest BCUT2D eigenvalue weighted by atomic mass is 9.89. The Labute approximate surface area is 151 Å². The number of carbonyl (C=O) groups excluding carboxylic acids is 2. The Bertz CT molecular complexity index is 773.